The molecule has 0 amide bonds. The number of benzene rings is 2. The van der Waals surface area contributed by atoms with Crippen molar-refractivity contribution in [2.75, 3.05) is 11.9 Å². The van der Waals surface area contributed by atoms with E-state index in [9.17, 15) is 4.39 Å². The van der Waals surface area contributed by atoms with E-state index in [0.717, 1.165) is 34.6 Å². The summed E-state index contributed by atoms with van der Waals surface area (Å²) in [5.74, 6) is 1.40. The van der Waals surface area contributed by atoms with Gasteiger partial charge >= 0.3 is 0 Å². The summed E-state index contributed by atoms with van der Waals surface area (Å²) in [7, 11) is 0. The molecule has 1 aliphatic rings. The molecule has 0 unspecified atom stereocenters. The van der Waals surface area contributed by atoms with Gasteiger partial charge < -0.3 is 10.1 Å². The molecule has 140 valence electrons. The van der Waals surface area contributed by atoms with Crippen LogP contribution in [0.4, 0.5) is 10.2 Å². The van der Waals surface area contributed by atoms with Crippen molar-refractivity contribution in [1.29, 1.82) is 0 Å². The van der Waals surface area contributed by atoms with E-state index in [-0.39, 0.29) is 5.82 Å². The molecule has 3 heterocycles. The van der Waals surface area contributed by atoms with Crippen molar-refractivity contribution in [1.82, 2.24) is 14.6 Å². The molecular formula is C21H16BrFN4O. The Hall–Kier alpha value is -2.93. The van der Waals surface area contributed by atoms with E-state index in [0.29, 0.717) is 23.4 Å². The average molecular weight is 439 g/mol. The molecule has 0 spiro atoms. The lowest BCUT2D eigenvalue weighted by molar-refractivity contribution is 0.357. The van der Waals surface area contributed by atoms with Gasteiger partial charge in [-0.1, -0.05) is 24.3 Å². The first-order valence-corrected chi connectivity index (χ1v) is 9.76. The van der Waals surface area contributed by atoms with Crippen molar-refractivity contribution in [2.45, 2.75) is 13.0 Å². The number of aromatic nitrogens is 3. The standard InChI is InChI=1S/C21H16BrFN4O/c22-16-12-25-27-20(24-11-13-5-6-19-14(9-13)7-8-28-19)10-18(26-21(16)27)15-3-1-2-4-17(15)23/h1-6,9-10,12,24H,7-8,11H2. The number of fused-ring (bicyclic) bond motifs is 2. The third-order valence-electron chi connectivity index (χ3n) is 4.81. The first kappa shape index (κ1) is 17.2. The number of nitrogens with zero attached hydrogens (tertiary/aromatic N) is 3. The Morgan fingerprint density at radius 3 is 2.96 bits per heavy atom. The Morgan fingerprint density at radius 1 is 1.18 bits per heavy atom. The van der Waals surface area contributed by atoms with Crippen LogP contribution in [-0.2, 0) is 13.0 Å². The van der Waals surface area contributed by atoms with Gasteiger partial charge in [0.15, 0.2) is 5.65 Å². The van der Waals surface area contributed by atoms with Crippen LogP contribution in [0.5, 0.6) is 5.75 Å². The summed E-state index contributed by atoms with van der Waals surface area (Å²) in [6, 6.07) is 14.7. The van der Waals surface area contributed by atoms with Crippen LogP contribution in [0.25, 0.3) is 16.9 Å². The van der Waals surface area contributed by atoms with Crippen molar-refractivity contribution < 1.29 is 9.13 Å². The predicted molar refractivity (Wildman–Crippen MR) is 109 cm³/mol. The third kappa shape index (κ3) is 3.01. The predicted octanol–water partition coefficient (Wildman–Crippen LogP) is 4.84. The molecule has 0 fully saturated rings. The van der Waals surface area contributed by atoms with E-state index in [1.807, 2.05) is 18.2 Å². The summed E-state index contributed by atoms with van der Waals surface area (Å²) in [6.07, 6.45) is 2.62. The SMILES string of the molecule is Fc1ccccc1-c1cc(NCc2ccc3c(c2)CCO3)n2ncc(Br)c2n1. The number of halogens is 2. The second-order valence-corrected chi connectivity index (χ2v) is 7.48. The van der Waals surface area contributed by atoms with Crippen molar-refractivity contribution >= 4 is 27.4 Å². The first-order valence-electron chi connectivity index (χ1n) is 8.97. The Labute approximate surface area is 169 Å². The van der Waals surface area contributed by atoms with Crippen molar-refractivity contribution in [3.63, 3.8) is 0 Å². The summed E-state index contributed by atoms with van der Waals surface area (Å²) in [5, 5.41) is 7.79. The zero-order valence-corrected chi connectivity index (χ0v) is 16.4. The lowest BCUT2D eigenvalue weighted by atomic mass is 10.1. The van der Waals surface area contributed by atoms with Gasteiger partial charge in [0, 0.05) is 24.6 Å². The number of anilines is 1. The van der Waals surface area contributed by atoms with Crippen molar-refractivity contribution in [2.24, 2.45) is 0 Å². The molecular weight excluding hydrogens is 423 g/mol. The molecule has 2 aromatic heterocycles. The third-order valence-corrected chi connectivity index (χ3v) is 5.37. The molecule has 0 saturated carbocycles. The normalized spacial score (nSPS) is 12.8. The number of ether oxygens (including phenoxy) is 1. The molecule has 0 saturated heterocycles. The maximum atomic E-state index is 14.3. The van der Waals surface area contributed by atoms with Gasteiger partial charge in [-0.25, -0.2) is 9.37 Å². The van der Waals surface area contributed by atoms with E-state index < -0.39 is 0 Å². The molecule has 0 radical (unpaired) electrons. The lowest BCUT2D eigenvalue weighted by Crippen LogP contribution is -2.07. The number of rotatable bonds is 4. The molecule has 28 heavy (non-hydrogen) atoms. The van der Waals surface area contributed by atoms with Gasteiger partial charge in [-0.3, -0.25) is 0 Å². The van der Waals surface area contributed by atoms with Crippen LogP contribution in [0.3, 0.4) is 0 Å². The molecule has 2 aromatic carbocycles. The Bertz CT molecular complexity index is 1190. The highest BCUT2D eigenvalue weighted by atomic mass is 79.9. The zero-order valence-electron chi connectivity index (χ0n) is 14.8. The van der Waals surface area contributed by atoms with Crippen LogP contribution in [0, 0.1) is 5.82 Å². The highest BCUT2D eigenvalue weighted by Crippen LogP contribution is 2.29. The fraction of sp³-hybridized carbons (Fsp3) is 0.143. The molecule has 5 rings (SSSR count). The fourth-order valence-corrected chi connectivity index (χ4v) is 3.76. The summed E-state index contributed by atoms with van der Waals surface area (Å²) in [4.78, 5) is 4.59. The molecule has 1 N–H and O–H groups in total. The van der Waals surface area contributed by atoms with Crippen LogP contribution in [-0.4, -0.2) is 21.2 Å². The monoisotopic (exact) mass is 438 g/mol. The van der Waals surface area contributed by atoms with Gasteiger partial charge in [0.2, 0.25) is 0 Å². The minimum absolute atomic E-state index is 0.306. The minimum Gasteiger partial charge on any atom is -0.493 e. The van der Waals surface area contributed by atoms with Crippen molar-refractivity contribution in [3.8, 4) is 17.0 Å². The van der Waals surface area contributed by atoms with Crippen LogP contribution < -0.4 is 10.1 Å². The number of nitrogens with one attached hydrogen (secondary N) is 1. The van der Waals surface area contributed by atoms with Gasteiger partial charge in [-0.2, -0.15) is 9.61 Å². The Kier molecular flexibility index (Phi) is 4.24. The van der Waals surface area contributed by atoms with Gasteiger partial charge in [-0.15, -0.1) is 0 Å². The maximum Gasteiger partial charge on any atom is 0.172 e. The van der Waals surface area contributed by atoms with Crippen LogP contribution in [0.2, 0.25) is 0 Å². The quantitative estimate of drug-likeness (QED) is 0.494. The second-order valence-electron chi connectivity index (χ2n) is 6.63. The molecule has 1 aliphatic heterocycles. The highest BCUT2D eigenvalue weighted by Gasteiger charge is 2.15. The molecule has 4 aromatic rings. The van der Waals surface area contributed by atoms with Gasteiger partial charge in [0.1, 0.15) is 17.4 Å². The lowest BCUT2D eigenvalue weighted by Gasteiger charge is -2.12. The van der Waals surface area contributed by atoms with E-state index in [1.165, 1.54) is 11.6 Å². The van der Waals surface area contributed by atoms with E-state index in [4.69, 9.17) is 4.74 Å². The van der Waals surface area contributed by atoms with E-state index >= 15 is 0 Å². The largest absolute Gasteiger partial charge is 0.493 e. The van der Waals surface area contributed by atoms with E-state index in [1.54, 1.807) is 28.9 Å². The summed E-state index contributed by atoms with van der Waals surface area (Å²) in [5.41, 5.74) is 4.01. The zero-order chi connectivity index (χ0) is 19.1. The Balaban J connectivity index is 1.52. The van der Waals surface area contributed by atoms with E-state index in [2.05, 4.69) is 37.4 Å². The minimum atomic E-state index is -0.306. The van der Waals surface area contributed by atoms with Crippen molar-refractivity contribution in [3.05, 3.63) is 76.1 Å². The maximum absolute atomic E-state index is 14.3. The molecule has 5 nitrogen and oxygen atoms in total. The first-order chi connectivity index (χ1) is 13.7. The second kappa shape index (κ2) is 6.91. The molecule has 7 heteroatoms. The van der Waals surface area contributed by atoms with Crippen LogP contribution in [0.1, 0.15) is 11.1 Å². The fourth-order valence-electron chi connectivity index (χ4n) is 3.41. The summed E-state index contributed by atoms with van der Waals surface area (Å²) in [6.45, 7) is 1.35. The van der Waals surface area contributed by atoms with Crippen LogP contribution >= 0.6 is 15.9 Å². The average Bonchev–Trinajstić information content (AvgIpc) is 3.33. The molecule has 0 atom stereocenters. The molecule has 0 bridgehead atoms. The number of hydrogen-bond acceptors (Lipinski definition) is 4. The smallest absolute Gasteiger partial charge is 0.172 e. The summed E-state index contributed by atoms with van der Waals surface area (Å²) < 4.78 is 22.3. The topological polar surface area (TPSA) is 51.5 Å². The highest BCUT2D eigenvalue weighted by molar-refractivity contribution is 9.10. The van der Waals surface area contributed by atoms with Crippen LogP contribution in [0.15, 0.2) is 59.2 Å². The molecule has 0 aliphatic carbocycles. The van der Waals surface area contributed by atoms with Gasteiger partial charge in [0.05, 0.1) is 23.0 Å². The summed E-state index contributed by atoms with van der Waals surface area (Å²) >= 11 is 3.47. The Morgan fingerprint density at radius 2 is 2.07 bits per heavy atom. The number of hydrogen-bond donors (Lipinski definition) is 1. The van der Waals surface area contributed by atoms with Gasteiger partial charge in [-0.05, 0) is 45.3 Å². The van der Waals surface area contributed by atoms with Gasteiger partial charge in [0.25, 0.3) is 0 Å².